The summed E-state index contributed by atoms with van der Waals surface area (Å²) in [4.78, 5) is 8.53. The first-order valence-corrected chi connectivity index (χ1v) is 5.36. The summed E-state index contributed by atoms with van der Waals surface area (Å²) in [5.74, 6) is 1.60. The second-order valence-corrected chi connectivity index (χ2v) is 3.96. The summed E-state index contributed by atoms with van der Waals surface area (Å²) in [6.07, 6.45) is 1.74. The monoisotopic (exact) mass is 263 g/mol. The maximum atomic E-state index is 4.37. The van der Waals surface area contributed by atoms with E-state index in [1.165, 1.54) is 0 Å². The highest BCUT2D eigenvalue weighted by Gasteiger charge is 1.99. The SMILES string of the molecule is Cc1nc(Nc2ccccn2)ccc1Br. The Morgan fingerprint density at radius 1 is 1.13 bits per heavy atom. The smallest absolute Gasteiger partial charge is 0.131 e. The van der Waals surface area contributed by atoms with Crippen molar-refractivity contribution in [2.45, 2.75) is 6.92 Å². The number of hydrogen-bond acceptors (Lipinski definition) is 3. The van der Waals surface area contributed by atoms with Crippen molar-refractivity contribution in [3.8, 4) is 0 Å². The molecule has 1 N–H and O–H groups in total. The number of rotatable bonds is 2. The van der Waals surface area contributed by atoms with Crippen molar-refractivity contribution in [1.29, 1.82) is 0 Å². The quantitative estimate of drug-likeness (QED) is 0.904. The van der Waals surface area contributed by atoms with E-state index in [1.54, 1.807) is 6.20 Å². The van der Waals surface area contributed by atoms with Crippen LogP contribution < -0.4 is 5.32 Å². The van der Waals surface area contributed by atoms with Gasteiger partial charge in [0.2, 0.25) is 0 Å². The molecule has 0 radical (unpaired) electrons. The van der Waals surface area contributed by atoms with E-state index in [0.29, 0.717) is 0 Å². The first kappa shape index (κ1) is 10.1. The zero-order chi connectivity index (χ0) is 10.7. The van der Waals surface area contributed by atoms with Crippen LogP contribution in [0.1, 0.15) is 5.69 Å². The molecule has 0 aromatic carbocycles. The number of pyridine rings is 2. The summed E-state index contributed by atoms with van der Waals surface area (Å²) in [6, 6.07) is 9.59. The third-order valence-electron chi connectivity index (χ3n) is 1.94. The third-order valence-corrected chi connectivity index (χ3v) is 2.78. The molecule has 4 heteroatoms. The average Bonchev–Trinajstić information content (AvgIpc) is 2.25. The third kappa shape index (κ3) is 2.53. The lowest BCUT2D eigenvalue weighted by Crippen LogP contribution is -1.96. The molecule has 0 bridgehead atoms. The molecule has 0 aliphatic rings. The fourth-order valence-electron chi connectivity index (χ4n) is 1.18. The minimum Gasteiger partial charge on any atom is -0.325 e. The molecule has 2 heterocycles. The molecule has 0 aliphatic carbocycles. The van der Waals surface area contributed by atoms with Crippen LogP contribution in [0.4, 0.5) is 11.6 Å². The normalized spacial score (nSPS) is 10.0. The molecule has 0 unspecified atom stereocenters. The lowest BCUT2D eigenvalue weighted by molar-refractivity contribution is 1.17. The average molecular weight is 264 g/mol. The fourth-order valence-corrected chi connectivity index (χ4v) is 1.40. The lowest BCUT2D eigenvalue weighted by Gasteiger charge is -2.05. The molecule has 2 aromatic heterocycles. The van der Waals surface area contributed by atoms with Crippen molar-refractivity contribution in [3.05, 3.63) is 46.7 Å². The summed E-state index contributed by atoms with van der Waals surface area (Å²) >= 11 is 3.41. The van der Waals surface area contributed by atoms with Crippen LogP contribution in [0.2, 0.25) is 0 Å². The molecule has 15 heavy (non-hydrogen) atoms. The highest BCUT2D eigenvalue weighted by molar-refractivity contribution is 9.10. The number of aryl methyl sites for hydroxylation is 1. The number of aromatic nitrogens is 2. The zero-order valence-electron chi connectivity index (χ0n) is 8.24. The number of hydrogen-bond donors (Lipinski definition) is 1. The van der Waals surface area contributed by atoms with E-state index in [4.69, 9.17) is 0 Å². The van der Waals surface area contributed by atoms with Gasteiger partial charge < -0.3 is 5.32 Å². The predicted octanol–water partition coefficient (Wildman–Crippen LogP) is 3.29. The summed E-state index contributed by atoms with van der Waals surface area (Å²) in [5, 5.41) is 3.13. The van der Waals surface area contributed by atoms with Crippen LogP contribution in [0.5, 0.6) is 0 Å². The number of nitrogens with one attached hydrogen (secondary N) is 1. The molecule has 0 spiro atoms. The molecule has 0 saturated heterocycles. The summed E-state index contributed by atoms with van der Waals surface area (Å²) in [5.41, 5.74) is 0.955. The first-order valence-electron chi connectivity index (χ1n) is 4.57. The Morgan fingerprint density at radius 3 is 2.67 bits per heavy atom. The Labute approximate surface area is 96.7 Å². The largest absolute Gasteiger partial charge is 0.325 e. The van der Waals surface area contributed by atoms with Crippen LogP contribution in [0.25, 0.3) is 0 Å². The number of anilines is 2. The topological polar surface area (TPSA) is 37.8 Å². The number of nitrogens with zero attached hydrogens (tertiary/aromatic N) is 2. The molecular formula is C11H10BrN3. The standard InChI is InChI=1S/C11H10BrN3/c1-8-9(12)5-6-11(14-8)15-10-4-2-3-7-13-10/h2-7H,1H3,(H,13,14,15). The van der Waals surface area contributed by atoms with Gasteiger partial charge in [-0.15, -0.1) is 0 Å². The second kappa shape index (κ2) is 4.40. The maximum Gasteiger partial charge on any atom is 0.131 e. The van der Waals surface area contributed by atoms with Crippen LogP contribution in [-0.2, 0) is 0 Å². The van der Waals surface area contributed by atoms with Crippen LogP contribution in [-0.4, -0.2) is 9.97 Å². The van der Waals surface area contributed by atoms with Crippen molar-refractivity contribution in [2.24, 2.45) is 0 Å². The van der Waals surface area contributed by atoms with E-state index in [9.17, 15) is 0 Å². The Morgan fingerprint density at radius 2 is 2.00 bits per heavy atom. The summed E-state index contributed by atoms with van der Waals surface area (Å²) < 4.78 is 1.01. The van der Waals surface area contributed by atoms with Gasteiger partial charge >= 0.3 is 0 Å². The second-order valence-electron chi connectivity index (χ2n) is 3.10. The Balaban J connectivity index is 2.22. The summed E-state index contributed by atoms with van der Waals surface area (Å²) in [6.45, 7) is 1.95. The van der Waals surface area contributed by atoms with Gasteiger partial charge in [0.15, 0.2) is 0 Å². The fraction of sp³-hybridized carbons (Fsp3) is 0.0909. The van der Waals surface area contributed by atoms with Crippen molar-refractivity contribution in [3.63, 3.8) is 0 Å². The Hall–Kier alpha value is -1.42. The van der Waals surface area contributed by atoms with Crippen LogP contribution in [0.3, 0.4) is 0 Å². The molecule has 0 atom stereocenters. The molecule has 2 aromatic rings. The Kier molecular flexibility index (Phi) is 2.97. The molecule has 0 saturated carbocycles. The van der Waals surface area contributed by atoms with E-state index in [1.807, 2.05) is 37.3 Å². The van der Waals surface area contributed by atoms with Crippen molar-refractivity contribution in [1.82, 2.24) is 9.97 Å². The minimum absolute atomic E-state index is 0.798. The van der Waals surface area contributed by atoms with Crippen molar-refractivity contribution < 1.29 is 0 Å². The lowest BCUT2D eigenvalue weighted by atomic mass is 10.3. The van der Waals surface area contributed by atoms with Gasteiger partial charge in [0.25, 0.3) is 0 Å². The molecule has 3 nitrogen and oxygen atoms in total. The van der Waals surface area contributed by atoms with Crippen LogP contribution in [0, 0.1) is 6.92 Å². The predicted molar refractivity (Wildman–Crippen MR) is 64.2 cm³/mol. The maximum absolute atomic E-state index is 4.37. The number of halogens is 1. The molecule has 0 aliphatic heterocycles. The van der Waals surface area contributed by atoms with E-state index >= 15 is 0 Å². The van der Waals surface area contributed by atoms with E-state index in [-0.39, 0.29) is 0 Å². The van der Waals surface area contributed by atoms with E-state index < -0.39 is 0 Å². The first-order chi connectivity index (χ1) is 7.25. The molecule has 0 fully saturated rings. The van der Waals surface area contributed by atoms with E-state index in [2.05, 4.69) is 31.2 Å². The summed E-state index contributed by atoms with van der Waals surface area (Å²) in [7, 11) is 0. The molecular weight excluding hydrogens is 254 g/mol. The van der Waals surface area contributed by atoms with Crippen molar-refractivity contribution in [2.75, 3.05) is 5.32 Å². The van der Waals surface area contributed by atoms with Crippen LogP contribution >= 0.6 is 15.9 Å². The van der Waals surface area contributed by atoms with Crippen molar-refractivity contribution >= 4 is 27.6 Å². The molecule has 76 valence electrons. The highest BCUT2D eigenvalue weighted by atomic mass is 79.9. The zero-order valence-corrected chi connectivity index (χ0v) is 9.82. The van der Waals surface area contributed by atoms with Crippen LogP contribution in [0.15, 0.2) is 41.0 Å². The van der Waals surface area contributed by atoms with Gasteiger partial charge in [-0.3, -0.25) is 0 Å². The van der Waals surface area contributed by atoms with Gasteiger partial charge in [-0.25, -0.2) is 9.97 Å². The van der Waals surface area contributed by atoms with Gasteiger partial charge in [0.05, 0.1) is 5.69 Å². The highest BCUT2D eigenvalue weighted by Crippen LogP contribution is 2.18. The van der Waals surface area contributed by atoms with Gasteiger partial charge in [-0.1, -0.05) is 6.07 Å². The minimum atomic E-state index is 0.798. The molecule has 0 amide bonds. The van der Waals surface area contributed by atoms with Gasteiger partial charge in [0, 0.05) is 10.7 Å². The van der Waals surface area contributed by atoms with Gasteiger partial charge in [-0.2, -0.15) is 0 Å². The van der Waals surface area contributed by atoms with Gasteiger partial charge in [0.1, 0.15) is 11.6 Å². The Bertz CT molecular complexity index is 457. The van der Waals surface area contributed by atoms with Gasteiger partial charge in [-0.05, 0) is 47.1 Å². The van der Waals surface area contributed by atoms with E-state index in [0.717, 1.165) is 21.8 Å². The molecule has 2 rings (SSSR count).